The SMILES string of the molecule is Cl.O=C1CC2(CCNCC2)c2cc(Cl)ccc21. The number of piperidine rings is 1. The van der Waals surface area contributed by atoms with Gasteiger partial charge in [0.05, 0.1) is 0 Å². The molecule has 0 amide bonds. The average Bonchev–Trinajstić information content (AvgIpc) is 2.53. The fourth-order valence-corrected chi connectivity index (χ4v) is 3.22. The number of hydrogen-bond acceptors (Lipinski definition) is 2. The molecule has 1 aliphatic carbocycles. The van der Waals surface area contributed by atoms with Gasteiger partial charge in [0, 0.05) is 22.4 Å². The first-order valence-electron chi connectivity index (χ1n) is 5.75. The molecule has 0 atom stereocenters. The van der Waals surface area contributed by atoms with Gasteiger partial charge in [-0.2, -0.15) is 0 Å². The van der Waals surface area contributed by atoms with Gasteiger partial charge in [0.25, 0.3) is 0 Å². The number of hydrogen-bond donors (Lipinski definition) is 1. The van der Waals surface area contributed by atoms with Gasteiger partial charge in [0.2, 0.25) is 0 Å². The molecule has 4 heteroatoms. The van der Waals surface area contributed by atoms with Crippen molar-refractivity contribution in [3.63, 3.8) is 0 Å². The molecule has 2 aliphatic rings. The zero-order chi connectivity index (χ0) is 11.2. The van der Waals surface area contributed by atoms with Crippen LogP contribution in [0.2, 0.25) is 5.02 Å². The third-order valence-electron chi connectivity index (χ3n) is 3.91. The Morgan fingerprint density at radius 1 is 1.24 bits per heavy atom. The standard InChI is InChI=1S/C13H14ClNO.ClH/c14-9-1-2-10-11(7-9)13(8-12(10)16)3-5-15-6-4-13;/h1-2,7,15H,3-6,8H2;1H. The second-order valence-electron chi connectivity index (χ2n) is 4.82. The molecule has 0 saturated carbocycles. The second-order valence-corrected chi connectivity index (χ2v) is 5.26. The van der Waals surface area contributed by atoms with Crippen molar-refractivity contribution in [3.05, 3.63) is 34.3 Å². The normalized spacial score (nSPS) is 21.1. The Morgan fingerprint density at radius 2 is 1.94 bits per heavy atom. The van der Waals surface area contributed by atoms with Gasteiger partial charge in [-0.15, -0.1) is 12.4 Å². The third kappa shape index (κ3) is 1.99. The minimum atomic E-state index is 0. The molecule has 17 heavy (non-hydrogen) atoms. The van der Waals surface area contributed by atoms with Crippen molar-refractivity contribution >= 4 is 29.8 Å². The number of fused-ring (bicyclic) bond motifs is 2. The summed E-state index contributed by atoms with van der Waals surface area (Å²) in [6.07, 6.45) is 2.77. The van der Waals surface area contributed by atoms with Crippen molar-refractivity contribution in [2.75, 3.05) is 13.1 Å². The topological polar surface area (TPSA) is 29.1 Å². The van der Waals surface area contributed by atoms with Crippen LogP contribution in [-0.2, 0) is 5.41 Å². The number of halogens is 2. The van der Waals surface area contributed by atoms with E-state index in [1.165, 1.54) is 5.56 Å². The molecule has 1 heterocycles. The largest absolute Gasteiger partial charge is 0.317 e. The number of benzene rings is 1. The number of carbonyl (C=O) groups is 1. The number of carbonyl (C=O) groups excluding carboxylic acids is 1. The summed E-state index contributed by atoms with van der Waals surface area (Å²) in [6, 6.07) is 5.70. The van der Waals surface area contributed by atoms with E-state index in [-0.39, 0.29) is 23.6 Å². The zero-order valence-electron chi connectivity index (χ0n) is 9.46. The van der Waals surface area contributed by atoms with Gasteiger partial charge in [0.1, 0.15) is 0 Å². The minimum Gasteiger partial charge on any atom is -0.317 e. The van der Waals surface area contributed by atoms with E-state index >= 15 is 0 Å². The van der Waals surface area contributed by atoms with Gasteiger partial charge in [-0.1, -0.05) is 11.6 Å². The van der Waals surface area contributed by atoms with Crippen LogP contribution in [0.15, 0.2) is 18.2 Å². The summed E-state index contributed by atoms with van der Waals surface area (Å²) >= 11 is 6.05. The maximum absolute atomic E-state index is 12.0. The fraction of sp³-hybridized carbons (Fsp3) is 0.462. The van der Waals surface area contributed by atoms with E-state index in [4.69, 9.17) is 11.6 Å². The van der Waals surface area contributed by atoms with Crippen molar-refractivity contribution in [1.29, 1.82) is 0 Å². The molecule has 1 aromatic carbocycles. The van der Waals surface area contributed by atoms with Crippen LogP contribution < -0.4 is 5.32 Å². The van der Waals surface area contributed by atoms with Crippen LogP contribution in [-0.4, -0.2) is 18.9 Å². The molecule has 1 fully saturated rings. The average molecular weight is 272 g/mol. The molecule has 1 saturated heterocycles. The predicted molar refractivity (Wildman–Crippen MR) is 71.4 cm³/mol. The summed E-state index contributed by atoms with van der Waals surface area (Å²) in [5, 5.41) is 4.09. The summed E-state index contributed by atoms with van der Waals surface area (Å²) in [7, 11) is 0. The summed E-state index contributed by atoms with van der Waals surface area (Å²) in [6.45, 7) is 2.00. The lowest BCUT2D eigenvalue weighted by molar-refractivity contribution is 0.0964. The minimum absolute atomic E-state index is 0. The van der Waals surface area contributed by atoms with Crippen molar-refractivity contribution in [2.45, 2.75) is 24.7 Å². The van der Waals surface area contributed by atoms with Crippen molar-refractivity contribution in [1.82, 2.24) is 5.32 Å². The van der Waals surface area contributed by atoms with E-state index < -0.39 is 0 Å². The number of nitrogens with one attached hydrogen (secondary N) is 1. The van der Waals surface area contributed by atoms with Gasteiger partial charge in [-0.25, -0.2) is 0 Å². The molecule has 3 rings (SSSR count). The Hall–Kier alpha value is -0.570. The lowest BCUT2D eigenvalue weighted by Crippen LogP contribution is -2.38. The van der Waals surface area contributed by atoms with Crippen LogP contribution in [0.3, 0.4) is 0 Å². The van der Waals surface area contributed by atoms with Crippen LogP contribution in [0.25, 0.3) is 0 Å². The first kappa shape index (κ1) is 12.9. The van der Waals surface area contributed by atoms with Gasteiger partial charge >= 0.3 is 0 Å². The number of Topliss-reactive ketones (excluding diaryl/α,β-unsaturated/α-hetero) is 1. The van der Waals surface area contributed by atoms with Crippen molar-refractivity contribution in [3.8, 4) is 0 Å². The molecule has 2 nitrogen and oxygen atoms in total. The summed E-state index contributed by atoms with van der Waals surface area (Å²) < 4.78 is 0. The van der Waals surface area contributed by atoms with E-state index in [0.717, 1.165) is 36.5 Å². The van der Waals surface area contributed by atoms with Gasteiger partial charge < -0.3 is 5.32 Å². The lowest BCUT2D eigenvalue weighted by atomic mass is 9.74. The van der Waals surface area contributed by atoms with Crippen molar-refractivity contribution < 1.29 is 4.79 Å². The quantitative estimate of drug-likeness (QED) is 0.786. The van der Waals surface area contributed by atoms with Gasteiger partial charge in [0.15, 0.2) is 5.78 Å². The zero-order valence-corrected chi connectivity index (χ0v) is 11.0. The smallest absolute Gasteiger partial charge is 0.164 e. The Balaban J connectivity index is 0.00000108. The van der Waals surface area contributed by atoms with E-state index in [0.29, 0.717) is 6.42 Å². The number of ketones is 1. The molecule has 1 N–H and O–H groups in total. The first-order valence-corrected chi connectivity index (χ1v) is 6.13. The molecule has 1 aliphatic heterocycles. The third-order valence-corrected chi connectivity index (χ3v) is 4.15. The van der Waals surface area contributed by atoms with Crippen LogP contribution in [0, 0.1) is 0 Å². The monoisotopic (exact) mass is 271 g/mol. The molecule has 0 bridgehead atoms. The second kappa shape index (κ2) is 4.60. The highest BCUT2D eigenvalue weighted by molar-refractivity contribution is 6.30. The molecule has 1 spiro atoms. The van der Waals surface area contributed by atoms with E-state index in [1.807, 2.05) is 18.2 Å². The molecule has 0 aromatic heterocycles. The van der Waals surface area contributed by atoms with E-state index in [1.54, 1.807) is 0 Å². The summed E-state index contributed by atoms with van der Waals surface area (Å²) in [5.74, 6) is 0.286. The molecule has 92 valence electrons. The summed E-state index contributed by atoms with van der Waals surface area (Å²) in [5.41, 5.74) is 2.15. The molecular weight excluding hydrogens is 257 g/mol. The molecule has 1 aromatic rings. The molecule has 0 unspecified atom stereocenters. The Labute approximate surface area is 112 Å². The Bertz CT molecular complexity index is 453. The highest BCUT2D eigenvalue weighted by atomic mass is 35.5. The Kier molecular flexibility index (Phi) is 3.48. The van der Waals surface area contributed by atoms with Crippen LogP contribution in [0.5, 0.6) is 0 Å². The van der Waals surface area contributed by atoms with E-state index in [2.05, 4.69) is 5.32 Å². The lowest BCUT2D eigenvalue weighted by Gasteiger charge is -2.34. The summed E-state index contributed by atoms with van der Waals surface area (Å²) in [4.78, 5) is 12.0. The fourth-order valence-electron chi connectivity index (χ4n) is 3.05. The predicted octanol–water partition coefficient (Wildman–Crippen LogP) is 2.97. The molecule has 0 radical (unpaired) electrons. The maximum atomic E-state index is 12.0. The van der Waals surface area contributed by atoms with Crippen LogP contribution in [0.1, 0.15) is 35.2 Å². The van der Waals surface area contributed by atoms with Gasteiger partial charge in [-0.3, -0.25) is 4.79 Å². The Morgan fingerprint density at radius 3 is 2.65 bits per heavy atom. The first-order chi connectivity index (χ1) is 7.71. The maximum Gasteiger partial charge on any atom is 0.164 e. The van der Waals surface area contributed by atoms with Crippen LogP contribution in [0.4, 0.5) is 0 Å². The van der Waals surface area contributed by atoms with E-state index in [9.17, 15) is 4.79 Å². The number of rotatable bonds is 0. The highest BCUT2D eigenvalue weighted by Crippen LogP contribution is 2.45. The van der Waals surface area contributed by atoms with Crippen molar-refractivity contribution in [2.24, 2.45) is 0 Å². The van der Waals surface area contributed by atoms with Crippen LogP contribution >= 0.6 is 24.0 Å². The van der Waals surface area contributed by atoms with Gasteiger partial charge in [-0.05, 0) is 49.7 Å². The highest BCUT2D eigenvalue weighted by Gasteiger charge is 2.43. The molecular formula is C13H15Cl2NO.